The lowest BCUT2D eigenvalue weighted by molar-refractivity contribution is -0.136. The Morgan fingerprint density at radius 1 is 0.971 bits per heavy atom. The van der Waals surface area contributed by atoms with Crippen LogP contribution in [0.15, 0.2) is 59.5 Å². The Kier molecular flexibility index (Phi) is 7.60. The molecule has 1 amide bonds. The summed E-state index contributed by atoms with van der Waals surface area (Å²) in [5.41, 5.74) is 0.150. The summed E-state index contributed by atoms with van der Waals surface area (Å²) in [5.74, 6) is 0.813. The van der Waals surface area contributed by atoms with Gasteiger partial charge in [0.25, 0.3) is 0 Å². The van der Waals surface area contributed by atoms with Crippen molar-refractivity contribution in [3.63, 3.8) is 0 Å². The lowest BCUT2D eigenvalue weighted by Gasteiger charge is -2.43. The van der Waals surface area contributed by atoms with Crippen LogP contribution in [0.1, 0.15) is 24.8 Å². The molecule has 2 fully saturated rings. The van der Waals surface area contributed by atoms with Crippen LogP contribution in [0.4, 0.5) is 0 Å². The fourth-order valence-corrected chi connectivity index (χ4v) is 6.72. The third-order valence-electron chi connectivity index (χ3n) is 7.01. The van der Waals surface area contributed by atoms with E-state index in [4.69, 9.17) is 4.74 Å². The Morgan fingerprint density at radius 3 is 2.35 bits per heavy atom. The summed E-state index contributed by atoms with van der Waals surface area (Å²) >= 11 is 0. The molecular weight excluding hydrogens is 450 g/mol. The van der Waals surface area contributed by atoms with E-state index in [1.165, 1.54) is 0 Å². The molecule has 2 aliphatic heterocycles. The maximum atomic E-state index is 13.6. The maximum Gasteiger partial charge on any atom is 0.243 e. The summed E-state index contributed by atoms with van der Waals surface area (Å²) < 4.78 is 34.9. The Hall–Kier alpha value is -2.42. The molecule has 0 aliphatic carbocycles. The number of hydrogen-bond acceptors (Lipinski definition) is 5. The van der Waals surface area contributed by atoms with Crippen LogP contribution in [0.3, 0.4) is 0 Å². The van der Waals surface area contributed by atoms with Crippen molar-refractivity contribution >= 4 is 15.9 Å². The summed E-state index contributed by atoms with van der Waals surface area (Å²) in [7, 11) is -1.61. The van der Waals surface area contributed by atoms with Gasteiger partial charge in [0.05, 0.1) is 11.5 Å². The molecule has 34 heavy (non-hydrogen) atoms. The largest absolute Gasteiger partial charge is 0.493 e. The van der Waals surface area contributed by atoms with Gasteiger partial charge >= 0.3 is 0 Å². The van der Waals surface area contributed by atoms with Crippen molar-refractivity contribution < 1.29 is 17.9 Å². The van der Waals surface area contributed by atoms with Crippen LogP contribution in [-0.2, 0) is 14.8 Å². The second-order valence-electron chi connectivity index (χ2n) is 9.67. The normalized spacial score (nSPS) is 22.5. The molecule has 4 rings (SSSR count). The van der Waals surface area contributed by atoms with E-state index in [1.54, 1.807) is 16.4 Å². The highest BCUT2D eigenvalue weighted by molar-refractivity contribution is 7.89. The highest BCUT2D eigenvalue weighted by Crippen LogP contribution is 2.37. The average molecular weight is 486 g/mol. The number of amides is 1. The van der Waals surface area contributed by atoms with Crippen LogP contribution in [0.5, 0.6) is 5.75 Å². The number of carbonyl (C=O) groups excluding carboxylic acids is 1. The molecule has 2 saturated heterocycles. The van der Waals surface area contributed by atoms with Gasteiger partial charge in [-0.05, 0) is 50.6 Å². The fourth-order valence-electron chi connectivity index (χ4n) is 4.91. The average Bonchev–Trinajstić information content (AvgIpc) is 2.84. The predicted octanol–water partition coefficient (Wildman–Crippen LogP) is 3.01. The molecule has 2 heterocycles. The van der Waals surface area contributed by atoms with Gasteiger partial charge in [0.15, 0.2) is 0 Å². The topological polar surface area (TPSA) is 70.2 Å². The first-order chi connectivity index (χ1) is 16.3. The zero-order valence-electron chi connectivity index (χ0n) is 20.2. The number of piperidine rings is 1. The van der Waals surface area contributed by atoms with Crippen LogP contribution in [0.2, 0.25) is 0 Å². The van der Waals surface area contributed by atoms with Crippen molar-refractivity contribution in [3.8, 4) is 5.75 Å². The SMILES string of the molecule is Cc1ccccc1S(=O)(=O)N1CCCC(COc2ccccc2)(CC(=O)N2CCN(C)CC2)C1. The number of hydrogen-bond donors (Lipinski definition) is 0. The lowest BCUT2D eigenvalue weighted by Crippen LogP contribution is -2.53. The monoisotopic (exact) mass is 485 g/mol. The fraction of sp³-hybridized carbons (Fsp3) is 0.500. The minimum Gasteiger partial charge on any atom is -0.493 e. The summed E-state index contributed by atoms with van der Waals surface area (Å²) in [6.07, 6.45) is 1.72. The zero-order valence-corrected chi connectivity index (χ0v) is 21.0. The molecule has 7 nitrogen and oxygen atoms in total. The third-order valence-corrected chi connectivity index (χ3v) is 9.01. The first kappa shape index (κ1) is 24.7. The van der Waals surface area contributed by atoms with Gasteiger partial charge in [-0.3, -0.25) is 4.79 Å². The number of carbonyl (C=O) groups is 1. The smallest absolute Gasteiger partial charge is 0.243 e. The van der Waals surface area contributed by atoms with Gasteiger partial charge in [-0.1, -0.05) is 36.4 Å². The number of ether oxygens (including phenoxy) is 1. The molecule has 0 N–H and O–H groups in total. The van der Waals surface area contributed by atoms with Gasteiger partial charge in [-0.15, -0.1) is 0 Å². The molecule has 0 spiro atoms. The minimum atomic E-state index is -3.67. The second kappa shape index (κ2) is 10.5. The predicted molar refractivity (Wildman–Crippen MR) is 132 cm³/mol. The Bertz CT molecular complexity index is 1080. The molecule has 0 bridgehead atoms. The number of aryl methyl sites for hydroxylation is 1. The van der Waals surface area contributed by atoms with Crippen LogP contribution >= 0.6 is 0 Å². The molecule has 0 radical (unpaired) electrons. The summed E-state index contributed by atoms with van der Waals surface area (Å²) in [6, 6.07) is 16.6. The number of benzene rings is 2. The van der Waals surface area contributed by atoms with Crippen molar-refractivity contribution in [3.05, 3.63) is 60.2 Å². The van der Waals surface area contributed by atoms with Crippen LogP contribution in [0, 0.1) is 12.3 Å². The molecule has 2 aromatic carbocycles. The summed E-state index contributed by atoms with van der Waals surface area (Å²) in [5, 5.41) is 0. The van der Waals surface area contributed by atoms with Gasteiger partial charge in [0, 0.05) is 51.1 Å². The molecule has 2 aromatic rings. The third kappa shape index (κ3) is 5.62. The van der Waals surface area contributed by atoms with Gasteiger partial charge in [0.2, 0.25) is 15.9 Å². The Balaban J connectivity index is 1.57. The molecular formula is C26H35N3O4S. The number of para-hydroxylation sites is 1. The molecule has 8 heteroatoms. The van der Waals surface area contributed by atoms with Crippen molar-refractivity contribution in [2.24, 2.45) is 5.41 Å². The zero-order chi connectivity index (χ0) is 24.2. The number of likely N-dealkylation sites (N-methyl/N-ethyl adjacent to an activating group) is 1. The van der Waals surface area contributed by atoms with Crippen molar-refractivity contribution in [2.45, 2.75) is 31.1 Å². The van der Waals surface area contributed by atoms with Gasteiger partial charge in [-0.25, -0.2) is 8.42 Å². The van der Waals surface area contributed by atoms with E-state index in [0.29, 0.717) is 37.6 Å². The number of rotatable bonds is 7. The quantitative estimate of drug-likeness (QED) is 0.603. The van der Waals surface area contributed by atoms with E-state index in [1.807, 2.05) is 54.3 Å². The van der Waals surface area contributed by atoms with E-state index in [9.17, 15) is 13.2 Å². The standard InChI is InChI=1S/C26H35N3O4S/c1-22-9-6-7-12-24(22)34(31,32)29-14-8-13-26(20-29,21-33-23-10-4-3-5-11-23)19-25(30)28-17-15-27(2)16-18-28/h3-7,9-12H,8,13-21H2,1-2H3. The second-order valence-corrected chi connectivity index (χ2v) is 11.6. The van der Waals surface area contributed by atoms with Crippen LogP contribution < -0.4 is 4.74 Å². The highest BCUT2D eigenvalue weighted by atomic mass is 32.2. The highest BCUT2D eigenvalue weighted by Gasteiger charge is 2.43. The van der Waals surface area contributed by atoms with Crippen molar-refractivity contribution in [1.82, 2.24) is 14.1 Å². The maximum absolute atomic E-state index is 13.6. The van der Waals surface area contributed by atoms with Gasteiger partial charge in [-0.2, -0.15) is 4.31 Å². The van der Waals surface area contributed by atoms with E-state index in [-0.39, 0.29) is 18.9 Å². The van der Waals surface area contributed by atoms with Gasteiger partial charge in [0.1, 0.15) is 5.75 Å². The van der Waals surface area contributed by atoms with Crippen molar-refractivity contribution in [1.29, 1.82) is 0 Å². The van der Waals surface area contributed by atoms with E-state index < -0.39 is 15.4 Å². The minimum absolute atomic E-state index is 0.0832. The molecule has 0 saturated carbocycles. The number of nitrogens with zero attached hydrogens (tertiary/aromatic N) is 3. The van der Waals surface area contributed by atoms with Crippen LogP contribution in [-0.4, -0.2) is 81.4 Å². The van der Waals surface area contributed by atoms with E-state index in [2.05, 4.69) is 11.9 Å². The first-order valence-electron chi connectivity index (χ1n) is 12.0. The molecule has 2 aliphatic rings. The Morgan fingerprint density at radius 2 is 1.65 bits per heavy atom. The van der Waals surface area contributed by atoms with Crippen molar-refractivity contribution in [2.75, 3.05) is 52.9 Å². The van der Waals surface area contributed by atoms with E-state index in [0.717, 1.165) is 30.8 Å². The molecule has 1 unspecified atom stereocenters. The molecule has 184 valence electrons. The summed E-state index contributed by atoms with van der Waals surface area (Å²) in [4.78, 5) is 17.8. The molecule has 0 aromatic heterocycles. The molecule has 1 atom stereocenters. The number of sulfonamides is 1. The lowest BCUT2D eigenvalue weighted by atomic mass is 9.78. The van der Waals surface area contributed by atoms with Gasteiger partial charge < -0.3 is 14.5 Å². The van der Waals surface area contributed by atoms with E-state index >= 15 is 0 Å². The van der Waals surface area contributed by atoms with Crippen LogP contribution in [0.25, 0.3) is 0 Å². The Labute approximate surface area is 203 Å². The summed E-state index contributed by atoms with van der Waals surface area (Å²) in [6.45, 7) is 5.96. The number of piperazine rings is 1. The first-order valence-corrected chi connectivity index (χ1v) is 13.4.